The summed E-state index contributed by atoms with van der Waals surface area (Å²) in [7, 11) is 0. The summed E-state index contributed by atoms with van der Waals surface area (Å²) in [5.74, 6) is 0.985. The second-order valence-electron chi connectivity index (χ2n) is 5.72. The Kier molecular flexibility index (Phi) is 1.74. The molecule has 0 unspecified atom stereocenters. The lowest BCUT2D eigenvalue weighted by molar-refractivity contribution is -0.0336. The normalized spacial score (nSPS) is 38.1. The highest BCUT2D eigenvalue weighted by Crippen LogP contribution is 2.59. The third kappa shape index (κ3) is 1.23. The molecule has 5 rings (SSSR count). The summed E-state index contributed by atoms with van der Waals surface area (Å²) in [5.41, 5.74) is 0.965. The van der Waals surface area contributed by atoms with Crippen LogP contribution < -0.4 is 4.90 Å². The molecular formula is C12H14ClN3O. The van der Waals surface area contributed by atoms with Crippen molar-refractivity contribution in [2.24, 2.45) is 0 Å². The maximum Gasteiger partial charge on any atom is 0.155 e. The summed E-state index contributed by atoms with van der Waals surface area (Å²) in [6.07, 6.45) is 4.78. The summed E-state index contributed by atoms with van der Waals surface area (Å²) in [6.45, 7) is 0.987. The van der Waals surface area contributed by atoms with E-state index in [2.05, 4.69) is 15.1 Å². The van der Waals surface area contributed by atoms with Crippen LogP contribution in [0.1, 0.15) is 31.2 Å². The lowest BCUT2D eigenvalue weighted by atomic mass is 9.72. The Hall–Kier alpha value is -0.870. The maximum atomic E-state index is 10.1. The molecule has 2 heterocycles. The first-order valence-electron chi connectivity index (χ1n) is 6.13. The fourth-order valence-electron chi connectivity index (χ4n) is 3.93. The van der Waals surface area contributed by atoms with Crippen LogP contribution in [0, 0.1) is 0 Å². The molecule has 90 valence electrons. The van der Waals surface area contributed by atoms with E-state index in [1.165, 1.54) is 5.56 Å². The number of rotatable bonds is 1. The zero-order valence-corrected chi connectivity index (χ0v) is 10.2. The fraction of sp³-hybridized carbons (Fsp3) is 0.667. The molecule has 2 bridgehead atoms. The Morgan fingerprint density at radius 3 is 2.82 bits per heavy atom. The van der Waals surface area contributed by atoms with E-state index >= 15 is 0 Å². The Bertz CT molecular complexity index is 499. The molecule has 0 aromatic carbocycles. The first-order chi connectivity index (χ1) is 8.10. The van der Waals surface area contributed by atoms with Crippen LogP contribution >= 0.6 is 11.6 Å². The van der Waals surface area contributed by atoms with Gasteiger partial charge in [0.25, 0.3) is 0 Å². The van der Waals surface area contributed by atoms with Crippen molar-refractivity contribution in [2.45, 2.75) is 43.2 Å². The Morgan fingerprint density at radius 1 is 1.29 bits per heavy atom. The van der Waals surface area contributed by atoms with E-state index in [4.69, 9.17) is 11.6 Å². The van der Waals surface area contributed by atoms with Crippen LogP contribution in [-0.4, -0.2) is 33.0 Å². The molecule has 17 heavy (non-hydrogen) atoms. The number of aliphatic hydroxyl groups is 1. The monoisotopic (exact) mass is 251 g/mol. The van der Waals surface area contributed by atoms with Gasteiger partial charge < -0.3 is 10.0 Å². The second kappa shape index (κ2) is 2.93. The summed E-state index contributed by atoms with van der Waals surface area (Å²) in [6, 6.07) is 1.92. The van der Waals surface area contributed by atoms with Crippen LogP contribution in [0.2, 0.25) is 5.15 Å². The van der Waals surface area contributed by atoms with E-state index in [-0.39, 0.29) is 11.1 Å². The van der Waals surface area contributed by atoms with Gasteiger partial charge in [0.15, 0.2) is 11.0 Å². The van der Waals surface area contributed by atoms with Gasteiger partial charge in [-0.05, 0) is 38.2 Å². The number of fused-ring (bicyclic) bond motifs is 2. The van der Waals surface area contributed by atoms with Gasteiger partial charge in [0, 0.05) is 17.6 Å². The van der Waals surface area contributed by atoms with E-state index in [1.54, 1.807) is 0 Å². The quantitative estimate of drug-likeness (QED) is 0.823. The van der Waals surface area contributed by atoms with Crippen LogP contribution in [0.25, 0.3) is 0 Å². The van der Waals surface area contributed by atoms with Crippen LogP contribution in [-0.2, 0) is 6.42 Å². The number of halogens is 1. The minimum absolute atomic E-state index is 0.155. The molecule has 3 aliphatic carbocycles. The van der Waals surface area contributed by atoms with Gasteiger partial charge >= 0.3 is 0 Å². The van der Waals surface area contributed by atoms with Gasteiger partial charge in [-0.1, -0.05) is 11.6 Å². The second-order valence-corrected chi connectivity index (χ2v) is 6.11. The van der Waals surface area contributed by atoms with E-state index in [9.17, 15) is 5.11 Å². The van der Waals surface area contributed by atoms with Crippen LogP contribution in [0.4, 0.5) is 5.82 Å². The smallest absolute Gasteiger partial charge is 0.155 e. The molecule has 0 atom stereocenters. The van der Waals surface area contributed by atoms with Crippen molar-refractivity contribution < 1.29 is 5.11 Å². The van der Waals surface area contributed by atoms with Crippen molar-refractivity contribution >= 4 is 17.4 Å². The number of anilines is 1. The number of aromatic nitrogens is 2. The van der Waals surface area contributed by atoms with Crippen LogP contribution in [0.5, 0.6) is 0 Å². The SMILES string of the molecule is OC12CCC(N3CCc4cc(Cl)nnc43)(C1)C2. The molecule has 0 radical (unpaired) electrons. The van der Waals surface area contributed by atoms with E-state index in [0.29, 0.717) is 5.15 Å². The molecule has 1 aromatic rings. The Balaban J connectivity index is 1.71. The molecule has 0 amide bonds. The fourth-order valence-corrected chi connectivity index (χ4v) is 4.10. The minimum Gasteiger partial charge on any atom is -0.390 e. The van der Waals surface area contributed by atoms with E-state index in [1.807, 2.05) is 6.07 Å². The first kappa shape index (κ1) is 10.1. The highest BCUT2D eigenvalue weighted by molar-refractivity contribution is 6.29. The zero-order valence-electron chi connectivity index (χ0n) is 9.49. The van der Waals surface area contributed by atoms with Crippen molar-refractivity contribution in [3.05, 3.63) is 16.8 Å². The highest BCUT2D eigenvalue weighted by atomic mass is 35.5. The molecule has 1 aromatic heterocycles. The lowest BCUT2D eigenvalue weighted by Gasteiger charge is -2.50. The van der Waals surface area contributed by atoms with E-state index in [0.717, 1.165) is 44.5 Å². The average molecular weight is 252 g/mol. The Morgan fingerprint density at radius 2 is 2.12 bits per heavy atom. The van der Waals surface area contributed by atoms with Gasteiger partial charge in [0.1, 0.15) is 0 Å². The summed E-state index contributed by atoms with van der Waals surface area (Å²) in [4.78, 5) is 2.35. The predicted molar refractivity (Wildman–Crippen MR) is 64.2 cm³/mol. The zero-order chi connectivity index (χ0) is 11.7. The van der Waals surface area contributed by atoms with Gasteiger partial charge in [-0.15, -0.1) is 10.2 Å². The van der Waals surface area contributed by atoms with Crippen LogP contribution in [0.15, 0.2) is 6.07 Å². The molecule has 3 fully saturated rings. The number of hydrogen-bond acceptors (Lipinski definition) is 4. The van der Waals surface area contributed by atoms with Crippen molar-refractivity contribution in [2.75, 3.05) is 11.4 Å². The van der Waals surface area contributed by atoms with Crippen molar-refractivity contribution in [1.82, 2.24) is 10.2 Å². The third-order valence-electron chi connectivity index (χ3n) is 4.63. The molecular weight excluding hydrogens is 238 g/mol. The number of nitrogens with zero attached hydrogens (tertiary/aromatic N) is 3. The first-order valence-corrected chi connectivity index (χ1v) is 6.50. The van der Waals surface area contributed by atoms with Gasteiger partial charge in [-0.25, -0.2) is 0 Å². The van der Waals surface area contributed by atoms with E-state index < -0.39 is 0 Å². The maximum absolute atomic E-state index is 10.1. The Labute approximate surface area is 105 Å². The molecule has 0 saturated heterocycles. The standard InChI is InChI=1S/C12H14ClN3O/c13-9-5-8-1-4-16(10(8)15-14-9)11-2-3-12(17,6-11)7-11/h5,17H,1-4,6-7H2. The minimum atomic E-state index is -0.386. The predicted octanol–water partition coefficient (Wildman–Crippen LogP) is 1.55. The summed E-state index contributed by atoms with van der Waals surface area (Å²) < 4.78 is 0. The van der Waals surface area contributed by atoms with Gasteiger partial charge in [0.05, 0.1) is 5.60 Å². The van der Waals surface area contributed by atoms with Crippen LogP contribution in [0.3, 0.4) is 0 Å². The summed E-state index contributed by atoms with van der Waals surface area (Å²) >= 11 is 5.87. The van der Waals surface area contributed by atoms with Gasteiger partial charge in [-0.2, -0.15) is 0 Å². The van der Waals surface area contributed by atoms with Crippen molar-refractivity contribution in [3.63, 3.8) is 0 Å². The van der Waals surface area contributed by atoms with Gasteiger partial charge in [-0.3, -0.25) is 0 Å². The molecule has 4 nitrogen and oxygen atoms in total. The number of hydrogen-bond donors (Lipinski definition) is 1. The van der Waals surface area contributed by atoms with Crippen molar-refractivity contribution in [3.8, 4) is 0 Å². The van der Waals surface area contributed by atoms with Crippen molar-refractivity contribution in [1.29, 1.82) is 0 Å². The molecule has 0 spiro atoms. The lowest BCUT2D eigenvalue weighted by Crippen LogP contribution is -2.58. The molecule has 1 N–H and O–H groups in total. The molecule has 3 saturated carbocycles. The average Bonchev–Trinajstić information content (AvgIpc) is 2.87. The largest absolute Gasteiger partial charge is 0.390 e. The molecule has 4 aliphatic rings. The highest BCUT2D eigenvalue weighted by Gasteiger charge is 2.63. The topological polar surface area (TPSA) is 49.2 Å². The molecule has 1 aliphatic heterocycles. The summed E-state index contributed by atoms with van der Waals surface area (Å²) in [5, 5.41) is 18.8. The van der Waals surface area contributed by atoms with Gasteiger partial charge in [0.2, 0.25) is 0 Å². The third-order valence-corrected chi connectivity index (χ3v) is 4.81. The molecule has 5 heteroatoms.